The molecule has 0 bridgehead atoms. The molecule has 0 radical (unpaired) electrons. The van der Waals surface area contributed by atoms with E-state index < -0.39 is 10.0 Å². The van der Waals surface area contributed by atoms with Crippen LogP contribution in [0.15, 0.2) is 34.5 Å². The second-order valence-electron chi connectivity index (χ2n) is 6.35. The quantitative estimate of drug-likeness (QED) is 0.882. The van der Waals surface area contributed by atoms with Gasteiger partial charge in [0.1, 0.15) is 15.6 Å². The molecule has 2 aromatic rings. The highest BCUT2D eigenvalue weighted by Crippen LogP contribution is 2.27. The van der Waals surface area contributed by atoms with Crippen molar-refractivity contribution >= 4 is 27.3 Å². The van der Waals surface area contributed by atoms with Crippen LogP contribution < -0.4 is 5.14 Å². The Kier molecular flexibility index (Phi) is 4.95. The van der Waals surface area contributed by atoms with Gasteiger partial charge < -0.3 is 4.90 Å². The number of primary sulfonamides is 1. The number of likely N-dealkylation sites (tertiary alicyclic amines) is 1. The van der Waals surface area contributed by atoms with Crippen molar-refractivity contribution < 1.29 is 17.6 Å². The van der Waals surface area contributed by atoms with Crippen molar-refractivity contribution in [1.82, 2.24) is 4.90 Å². The standard InChI is InChI=1S/C17H19FN2O3S2/c1-11-8-12(2-3-14(11)18)9-13-4-6-20(10-13)17(21)16-15(5-7-24-16)25(19,22)23/h2-3,5,7-8,13H,4,6,9-10H2,1H3,(H2,19,22,23). The maximum atomic E-state index is 13.4. The number of benzene rings is 1. The summed E-state index contributed by atoms with van der Waals surface area (Å²) in [7, 11) is -3.91. The van der Waals surface area contributed by atoms with E-state index in [1.165, 1.54) is 12.1 Å². The van der Waals surface area contributed by atoms with E-state index in [1.807, 2.05) is 6.07 Å². The molecule has 3 rings (SSSR count). The maximum Gasteiger partial charge on any atom is 0.265 e. The van der Waals surface area contributed by atoms with E-state index in [0.717, 1.165) is 29.7 Å². The van der Waals surface area contributed by atoms with Crippen LogP contribution in [0.25, 0.3) is 0 Å². The fourth-order valence-corrected chi connectivity index (χ4v) is 5.11. The minimum atomic E-state index is -3.91. The lowest BCUT2D eigenvalue weighted by Crippen LogP contribution is -2.30. The van der Waals surface area contributed by atoms with Crippen molar-refractivity contribution in [3.05, 3.63) is 51.5 Å². The zero-order valence-corrected chi connectivity index (χ0v) is 15.4. The van der Waals surface area contributed by atoms with Crippen LogP contribution in [0.4, 0.5) is 4.39 Å². The van der Waals surface area contributed by atoms with Crippen LogP contribution in [0.1, 0.15) is 27.2 Å². The SMILES string of the molecule is Cc1cc(CC2CCN(C(=O)c3sccc3S(N)(=O)=O)C2)ccc1F. The third-order valence-electron chi connectivity index (χ3n) is 4.45. The highest BCUT2D eigenvalue weighted by Gasteiger charge is 2.30. The lowest BCUT2D eigenvalue weighted by Gasteiger charge is -2.16. The molecule has 1 aliphatic heterocycles. The number of nitrogens with zero attached hydrogens (tertiary/aromatic N) is 1. The molecule has 0 saturated carbocycles. The summed E-state index contributed by atoms with van der Waals surface area (Å²) in [6.45, 7) is 2.86. The Balaban J connectivity index is 1.69. The highest BCUT2D eigenvalue weighted by molar-refractivity contribution is 7.89. The van der Waals surface area contributed by atoms with Crippen molar-refractivity contribution in [1.29, 1.82) is 0 Å². The van der Waals surface area contributed by atoms with Gasteiger partial charge in [0.2, 0.25) is 10.0 Å². The lowest BCUT2D eigenvalue weighted by atomic mass is 9.97. The fraction of sp³-hybridized carbons (Fsp3) is 0.353. The Morgan fingerprint density at radius 2 is 2.16 bits per heavy atom. The van der Waals surface area contributed by atoms with Crippen LogP contribution >= 0.6 is 11.3 Å². The van der Waals surface area contributed by atoms with Gasteiger partial charge >= 0.3 is 0 Å². The Hall–Kier alpha value is -1.77. The first-order valence-electron chi connectivity index (χ1n) is 7.90. The molecule has 1 aromatic heterocycles. The average Bonchev–Trinajstić information content (AvgIpc) is 3.19. The number of sulfonamides is 1. The zero-order chi connectivity index (χ0) is 18.2. The van der Waals surface area contributed by atoms with E-state index in [0.29, 0.717) is 18.7 Å². The molecule has 134 valence electrons. The van der Waals surface area contributed by atoms with Gasteiger partial charge in [-0.15, -0.1) is 11.3 Å². The summed E-state index contributed by atoms with van der Waals surface area (Å²) in [5, 5.41) is 6.73. The molecule has 1 unspecified atom stereocenters. The molecule has 8 heteroatoms. The third-order valence-corrected chi connectivity index (χ3v) is 6.43. The van der Waals surface area contributed by atoms with Crippen molar-refractivity contribution in [3.63, 3.8) is 0 Å². The summed E-state index contributed by atoms with van der Waals surface area (Å²) >= 11 is 1.09. The number of thiophene rings is 1. The van der Waals surface area contributed by atoms with E-state index in [9.17, 15) is 17.6 Å². The molecule has 1 atom stereocenters. The number of amides is 1. The summed E-state index contributed by atoms with van der Waals surface area (Å²) in [5.41, 5.74) is 1.65. The number of aryl methyl sites for hydroxylation is 1. The van der Waals surface area contributed by atoms with Crippen molar-refractivity contribution in [2.45, 2.75) is 24.7 Å². The summed E-state index contributed by atoms with van der Waals surface area (Å²) in [5.74, 6) is -0.247. The van der Waals surface area contributed by atoms with Gasteiger partial charge in [-0.3, -0.25) is 4.79 Å². The normalized spacial score (nSPS) is 17.9. The number of carbonyl (C=O) groups is 1. The van der Waals surface area contributed by atoms with Crippen LogP contribution in [0, 0.1) is 18.7 Å². The van der Waals surface area contributed by atoms with Gasteiger partial charge in [0.25, 0.3) is 5.91 Å². The summed E-state index contributed by atoms with van der Waals surface area (Å²) in [4.78, 5) is 14.4. The van der Waals surface area contributed by atoms with E-state index in [2.05, 4.69) is 0 Å². The van der Waals surface area contributed by atoms with E-state index in [-0.39, 0.29) is 27.4 Å². The van der Waals surface area contributed by atoms with Gasteiger partial charge in [0.15, 0.2) is 0 Å². The smallest absolute Gasteiger partial charge is 0.265 e. The molecule has 0 aliphatic carbocycles. The molecule has 0 spiro atoms. The maximum absolute atomic E-state index is 13.4. The zero-order valence-electron chi connectivity index (χ0n) is 13.7. The third kappa shape index (κ3) is 3.91. The Labute approximate surface area is 150 Å². The van der Waals surface area contributed by atoms with Crippen LogP contribution in [0.5, 0.6) is 0 Å². The number of hydrogen-bond donors (Lipinski definition) is 1. The van der Waals surface area contributed by atoms with E-state index in [4.69, 9.17) is 5.14 Å². The fourth-order valence-electron chi connectivity index (χ4n) is 3.17. The van der Waals surface area contributed by atoms with E-state index in [1.54, 1.807) is 23.3 Å². The summed E-state index contributed by atoms with van der Waals surface area (Å²) < 4.78 is 36.5. The Morgan fingerprint density at radius 3 is 2.84 bits per heavy atom. The van der Waals surface area contributed by atoms with Gasteiger partial charge in [0.05, 0.1) is 0 Å². The van der Waals surface area contributed by atoms with Crippen molar-refractivity contribution in [2.24, 2.45) is 11.1 Å². The molecular formula is C17H19FN2O3S2. The predicted molar refractivity (Wildman–Crippen MR) is 94.5 cm³/mol. The van der Waals surface area contributed by atoms with Gasteiger partial charge in [-0.1, -0.05) is 12.1 Å². The molecule has 25 heavy (non-hydrogen) atoms. The second kappa shape index (κ2) is 6.86. The first-order chi connectivity index (χ1) is 11.8. The number of nitrogens with two attached hydrogens (primary N) is 1. The number of halogens is 1. The number of hydrogen-bond acceptors (Lipinski definition) is 4. The number of rotatable bonds is 4. The lowest BCUT2D eigenvalue weighted by molar-refractivity contribution is 0.0788. The first kappa shape index (κ1) is 18.0. The highest BCUT2D eigenvalue weighted by atomic mass is 32.2. The Morgan fingerprint density at radius 1 is 1.40 bits per heavy atom. The van der Waals surface area contributed by atoms with Crippen molar-refractivity contribution in [2.75, 3.05) is 13.1 Å². The molecule has 2 heterocycles. The molecular weight excluding hydrogens is 363 g/mol. The second-order valence-corrected chi connectivity index (χ2v) is 8.80. The number of carbonyl (C=O) groups excluding carboxylic acids is 1. The van der Waals surface area contributed by atoms with Crippen molar-refractivity contribution in [3.8, 4) is 0 Å². The van der Waals surface area contributed by atoms with Crippen LogP contribution in [-0.2, 0) is 16.4 Å². The van der Waals surface area contributed by atoms with Crippen LogP contribution in [0.2, 0.25) is 0 Å². The topological polar surface area (TPSA) is 80.5 Å². The van der Waals surface area contributed by atoms with Gasteiger partial charge in [-0.2, -0.15) is 0 Å². The van der Waals surface area contributed by atoms with E-state index >= 15 is 0 Å². The molecule has 1 aliphatic rings. The first-order valence-corrected chi connectivity index (χ1v) is 10.3. The Bertz CT molecular complexity index is 908. The average molecular weight is 382 g/mol. The molecule has 1 fully saturated rings. The summed E-state index contributed by atoms with van der Waals surface area (Å²) in [6, 6.07) is 6.43. The van der Waals surface area contributed by atoms with Gasteiger partial charge in [-0.05, 0) is 54.3 Å². The van der Waals surface area contributed by atoms with Crippen LogP contribution in [0.3, 0.4) is 0 Å². The monoisotopic (exact) mass is 382 g/mol. The predicted octanol–water partition coefficient (Wildman–Crippen LogP) is 2.55. The largest absolute Gasteiger partial charge is 0.338 e. The molecule has 2 N–H and O–H groups in total. The van der Waals surface area contributed by atoms with Gasteiger partial charge in [-0.25, -0.2) is 17.9 Å². The minimum Gasteiger partial charge on any atom is -0.338 e. The molecule has 1 amide bonds. The molecule has 1 aromatic carbocycles. The van der Waals surface area contributed by atoms with Gasteiger partial charge in [0, 0.05) is 13.1 Å². The van der Waals surface area contributed by atoms with Crippen LogP contribution in [-0.4, -0.2) is 32.3 Å². The summed E-state index contributed by atoms with van der Waals surface area (Å²) in [6.07, 6.45) is 1.59. The molecule has 5 nitrogen and oxygen atoms in total. The minimum absolute atomic E-state index is 0.111. The molecule has 1 saturated heterocycles.